The molecule has 0 amide bonds. The molecule has 89 heavy (non-hydrogen) atoms. The second-order valence-electron chi connectivity index (χ2n) is 23.2. The van der Waals surface area contributed by atoms with Gasteiger partial charge in [0.2, 0.25) is 23.6 Å². The Morgan fingerprint density at radius 3 is 1.07 bits per heavy atom. The van der Waals surface area contributed by atoms with E-state index >= 15 is 0 Å². The summed E-state index contributed by atoms with van der Waals surface area (Å²) in [5, 5.41) is 17.6. The first-order valence-corrected chi connectivity index (χ1v) is 30.2. The van der Waals surface area contributed by atoms with Crippen LogP contribution in [0.1, 0.15) is 49.9 Å². The number of benzene rings is 10. The minimum Gasteiger partial charge on any atom is -0.416 e. The molecule has 14 rings (SSSR count). The summed E-state index contributed by atoms with van der Waals surface area (Å²) in [7, 11) is 0. The van der Waals surface area contributed by atoms with Crippen molar-refractivity contribution >= 4 is 50.7 Å². The molecule has 1 aliphatic carbocycles. The van der Waals surface area contributed by atoms with Crippen LogP contribution in [0.3, 0.4) is 0 Å². The molecule has 10 heteroatoms. The molecule has 1 aliphatic rings. The Kier molecular flexibility index (Phi) is 14.8. The molecule has 0 saturated carbocycles. The van der Waals surface area contributed by atoms with E-state index in [0.717, 1.165) is 101 Å². The van der Waals surface area contributed by atoms with Crippen molar-refractivity contribution in [1.82, 2.24) is 30.4 Å². The van der Waals surface area contributed by atoms with Gasteiger partial charge in [0, 0.05) is 78.6 Å². The summed E-state index contributed by atoms with van der Waals surface area (Å²) in [6.07, 6.45) is 2.42. The summed E-state index contributed by atoms with van der Waals surface area (Å²) in [5.41, 5.74) is 25.2. The maximum atomic E-state index is 6.17. The first-order valence-electron chi connectivity index (χ1n) is 30.2. The van der Waals surface area contributed by atoms with Crippen LogP contribution in [0.2, 0.25) is 0 Å². The zero-order valence-electron chi connectivity index (χ0n) is 50.7. The zero-order chi connectivity index (χ0) is 60.7. The lowest BCUT2D eigenvalue weighted by molar-refractivity contribution is 0.522. The Bertz CT molecular complexity index is 4750. The molecular weight excluding hydrogens is 1090 g/mol. The maximum Gasteiger partial charge on any atom is 0.248 e. The molecule has 3 heterocycles. The SMILES string of the molecule is CC1=CC(C)[C@@H](C)C(C)=C1c1ccc(-c2c(C)cc(C)cc2C)c2nc(-c3ccc(N(c4ccccc4)c4ccc(-c5nnc(-c6ccccc6)o5)cc4)cc3)c(-c3ccc(N(c4ccccc4)c4ccc(-c5nnc(-c6ccccc6)o5)cc4)cc3)nc12. The molecule has 0 spiro atoms. The molecule has 432 valence electrons. The molecule has 0 saturated heterocycles. The molecule has 0 N–H and O–H groups in total. The third-order valence-electron chi connectivity index (χ3n) is 17.3. The van der Waals surface area contributed by atoms with Gasteiger partial charge in [0.25, 0.3) is 0 Å². The van der Waals surface area contributed by atoms with Gasteiger partial charge in [-0.25, -0.2) is 9.97 Å². The standard InChI is InChI=1S/C79H64N8O2/c1-49-46-51(3)70(52(4)47-49)68-44-45-69(71-53(5)48-50(2)54(6)55(71)7)75-74(68)80-72(56-28-36-64(37-29-56)86(62-24-16-10-17-25-62)66-40-32-60(33-41-66)78-84-82-76(88-78)58-20-12-8-13-21-58)73(81-75)57-30-38-65(39-31-57)87(63-26-18-11-19-27-63)67-42-34-61(35-43-67)79-85-83-77(89-79)59-22-14-9-15-23-59/h8-48,50,54H,1-7H3/t50?,54-/m1/s1. The highest BCUT2D eigenvalue weighted by molar-refractivity contribution is 6.04. The molecule has 0 aliphatic heterocycles. The van der Waals surface area contributed by atoms with Crippen molar-refractivity contribution in [3.63, 3.8) is 0 Å². The zero-order valence-corrected chi connectivity index (χ0v) is 50.7. The van der Waals surface area contributed by atoms with Crippen LogP contribution in [0.4, 0.5) is 34.1 Å². The Morgan fingerprint density at radius 1 is 0.348 bits per heavy atom. The summed E-state index contributed by atoms with van der Waals surface area (Å²) in [6, 6.07) is 83.7. The van der Waals surface area contributed by atoms with Gasteiger partial charge in [0.05, 0.1) is 22.4 Å². The molecule has 0 bridgehead atoms. The van der Waals surface area contributed by atoms with Crippen LogP contribution < -0.4 is 9.80 Å². The molecule has 3 aromatic heterocycles. The molecule has 13 aromatic rings. The average Bonchev–Trinajstić information content (AvgIpc) is 1.38. The Hall–Kier alpha value is -11.1. The van der Waals surface area contributed by atoms with Crippen LogP contribution >= 0.6 is 0 Å². The Labute approximate surface area is 518 Å². The van der Waals surface area contributed by atoms with E-state index in [1.807, 2.05) is 97.1 Å². The van der Waals surface area contributed by atoms with E-state index in [0.29, 0.717) is 35.4 Å². The predicted molar refractivity (Wildman–Crippen MR) is 362 cm³/mol. The van der Waals surface area contributed by atoms with Gasteiger partial charge in [-0.1, -0.05) is 152 Å². The first kappa shape index (κ1) is 55.8. The first-order chi connectivity index (χ1) is 43.5. The molecule has 0 radical (unpaired) electrons. The van der Waals surface area contributed by atoms with Gasteiger partial charge < -0.3 is 18.6 Å². The highest BCUT2D eigenvalue weighted by Crippen LogP contribution is 2.46. The number of aryl methyl sites for hydroxylation is 3. The van der Waals surface area contributed by atoms with Crippen molar-refractivity contribution in [3.8, 4) is 79.5 Å². The van der Waals surface area contributed by atoms with Gasteiger partial charge >= 0.3 is 0 Å². The van der Waals surface area contributed by atoms with E-state index in [9.17, 15) is 0 Å². The van der Waals surface area contributed by atoms with E-state index in [-0.39, 0.29) is 0 Å². The van der Waals surface area contributed by atoms with E-state index < -0.39 is 0 Å². The van der Waals surface area contributed by atoms with Crippen LogP contribution in [0.25, 0.3) is 96.1 Å². The fraction of sp³-hybridized carbons (Fsp3) is 0.114. The molecule has 10 aromatic carbocycles. The van der Waals surface area contributed by atoms with E-state index in [2.05, 4.69) is 230 Å². The summed E-state index contributed by atoms with van der Waals surface area (Å²) in [4.78, 5) is 16.4. The number of aromatic nitrogens is 6. The number of para-hydroxylation sites is 2. The van der Waals surface area contributed by atoms with Gasteiger partial charge in [-0.3, -0.25) is 0 Å². The van der Waals surface area contributed by atoms with Crippen molar-refractivity contribution in [2.45, 2.75) is 48.5 Å². The predicted octanol–water partition coefficient (Wildman–Crippen LogP) is 20.9. The lowest BCUT2D eigenvalue weighted by atomic mass is 9.76. The van der Waals surface area contributed by atoms with Crippen molar-refractivity contribution < 1.29 is 8.83 Å². The van der Waals surface area contributed by atoms with Gasteiger partial charge in [0.1, 0.15) is 0 Å². The van der Waals surface area contributed by atoms with Gasteiger partial charge in [0.15, 0.2) is 0 Å². The van der Waals surface area contributed by atoms with E-state index in [1.165, 1.54) is 39.0 Å². The van der Waals surface area contributed by atoms with Crippen LogP contribution in [-0.4, -0.2) is 30.4 Å². The summed E-state index contributed by atoms with van der Waals surface area (Å²) in [5.74, 6) is 2.63. The fourth-order valence-electron chi connectivity index (χ4n) is 12.7. The molecule has 0 fully saturated rings. The highest BCUT2D eigenvalue weighted by Gasteiger charge is 2.28. The lowest BCUT2D eigenvalue weighted by Gasteiger charge is -2.29. The summed E-state index contributed by atoms with van der Waals surface area (Å²) >= 11 is 0. The van der Waals surface area contributed by atoms with Gasteiger partial charge in [-0.15, -0.1) is 20.4 Å². The third-order valence-corrected chi connectivity index (χ3v) is 17.3. The van der Waals surface area contributed by atoms with Crippen molar-refractivity contribution in [3.05, 3.63) is 282 Å². The fourth-order valence-corrected chi connectivity index (χ4v) is 12.7. The molecule has 1 unspecified atom stereocenters. The third kappa shape index (κ3) is 10.8. The second-order valence-corrected chi connectivity index (χ2v) is 23.2. The maximum absolute atomic E-state index is 6.17. The van der Waals surface area contributed by atoms with Crippen molar-refractivity contribution in [1.29, 1.82) is 0 Å². The Balaban J connectivity index is 0.906. The number of nitrogens with zero attached hydrogens (tertiary/aromatic N) is 8. The average molecular weight is 1160 g/mol. The minimum atomic E-state index is 0.352. The van der Waals surface area contributed by atoms with E-state index in [1.54, 1.807) is 0 Å². The topological polar surface area (TPSA) is 110 Å². The highest BCUT2D eigenvalue weighted by atomic mass is 16.4. The molecule has 2 atom stereocenters. The number of hydrogen-bond acceptors (Lipinski definition) is 10. The molecular formula is C79H64N8O2. The number of anilines is 6. The van der Waals surface area contributed by atoms with E-state index in [4.69, 9.17) is 18.8 Å². The summed E-state index contributed by atoms with van der Waals surface area (Å²) < 4.78 is 12.3. The number of rotatable bonds is 14. The van der Waals surface area contributed by atoms with Crippen molar-refractivity contribution in [2.75, 3.05) is 9.80 Å². The number of fused-ring (bicyclic) bond motifs is 1. The lowest BCUT2D eigenvalue weighted by Crippen LogP contribution is -2.15. The minimum absolute atomic E-state index is 0.352. The normalized spacial score (nSPS) is 14.0. The smallest absolute Gasteiger partial charge is 0.248 e. The Morgan fingerprint density at radius 2 is 0.674 bits per heavy atom. The largest absolute Gasteiger partial charge is 0.416 e. The second kappa shape index (κ2) is 23.6. The van der Waals surface area contributed by atoms with Crippen molar-refractivity contribution in [2.24, 2.45) is 11.8 Å². The van der Waals surface area contributed by atoms with Crippen LogP contribution in [0.5, 0.6) is 0 Å². The van der Waals surface area contributed by atoms with Gasteiger partial charge in [-0.2, -0.15) is 0 Å². The van der Waals surface area contributed by atoms with Crippen LogP contribution in [-0.2, 0) is 0 Å². The summed E-state index contributed by atoms with van der Waals surface area (Å²) in [6.45, 7) is 15.8. The quantitative estimate of drug-likeness (QED) is 0.104. The van der Waals surface area contributed by atoms with Crippen LogP contribution in [0, 0.1) is 32.6 Å². The van der Waals surface area contributed by atoms with Crippen LogP contribution in [0.15, 0.2) is 269 Å². The number of hydrogen-bond donors (Lipinski definition) is 0. The monoisotopic (exact) mass is 1160 g/mol. The molecule has 10 nitrogen and oxygen atoms in total. The van der Waals surface area contributed by atoms with Gasteiger partial charge in [-0.05, 0) is 196 Å². The number of allylic oxidation sites excluding steroid dienone is 4.